The predicted molar refractivity (Wildman–Crippen MR) is 127 cm³/mol. The van der Waals surface area contributed by atoms with E-state index in [0.717, 1.165) is 31.3 Å². The molecule has 0 amide bonds. The van der Waals surface area contributed by atoms with Crippen LogP contribution >= 0.6 is 0 Å². The van der Waals surface area contributed by atoms with E-state index in [0.29, 0.717) is 13.1 Å². The monoisotopic (exact) mass is 427 g/mol. The molecule has 0 aromatic heterocycles. The van der Waals surface area contributed by atoms with Crippen LogP contribution in [0, 0.1) is 5.92 Å². The van der Waals surface area contributed by atoms with Gasteiger partial charge in [0, 0.05) is 11.5 Å². The summed E-state index contributed by atoms with van der Waals surface area (Å²) in [6.07, 6.45) is 8.46. The number of unbranched alkanes of at least 4 members (excludes halogenated alkanes) is 2. The van der Waals surface area contributed by atoms with Crippen LogP contribution in [0.1, 0.15) is 58.9 Å². The summed E-state index contributed by atoms with van der Waals surface area (Å²) in [5, 5.41) is 19.3. The first-order valence-electron chi connectivity index (χ1n) is 11.0. The van der Waals surface area contributed by atoms with Crippen molar-refractivity contribution in [3.05, 3.63) is 66.3 Å². The average molecular weight is 428 g/mol. The molecule has 5 heteroatoms. The van der Waals surface area contributed by atoms with Gasteiger partial charge in [0.05, 0.1) is 0 Å². The molecule has 0 spiro atoms. The van der Waals surface area contributed by atoms with E-state index in [1.165, 1.54) is 11.6 Å². The first-order chi connectivity index (χ1) is 14.7. The lowest BCUT2D eigenvalue weighted by Crippen LogP contribution is -2.59. The Bertz CT molecular complexity index is 789. The molecule has 2 rings (SSSR count). The molecule has 1 aromatic carbocycles. The van der Waals surface area contributed by atoms with Gasteiger partial charge in [-0.2, -0.15) is 0 Å². The van der Waals surface area contributed by atoms with E-state index in [1.54, 1.807) is 19.1 Å². The third-order valence-corrected chi connectivity index (χ3v) is 5.70. The fourth-order valence-corrected chi connectivity index (χ4v) is 3.75. The third kappa shape index (κ3) is 6.93. The maximum absolute atomic E-state index is 12.1. The van der Waals surface area contributed by atoms with Gasteiger partial charge in [0.1, 0.15) is 5.54 Å². The summed E-state index contributed by atoms with van der Waals surface area (Å²) in [7, 11) is 0. The molecule has 0 saturated carbocycles. The lowest BCUT2D eigenvalue weighted by atomic mass is 9.75. The Labute approximate surface area is 186 Å². The number of benzene rings is 1. The molecule has 0 saturated heterocycles. The van der Waals surface area contributed by atoms with E-state index in [1.807, 2.05) is 30.0 Å². The second-order valence-corrected chi connectivity index (χ2v) is 7.98. The van der Waals surface area contributed by atoms with Crippen LogP contribution in [0.5, 0.6) is 0 Å². The highest BCUT2D eigenvalue weighted by atomic mass is 16.4. The molecule has 1 aliphatic rings. The summed E-state index contributed by atoms with van der Waals surface area (Å²) >= 11 is 0. The molecule has 0 aliphatic heterocycles. The largest absolute Gasteiger partial charge is 0.480 e. The Morgan fingerprint density at radius 1 is 1.06 bits per heavy atom. The Morgan fingerprint density at radius 2 is 1.61 bits per heavy atom. The Balaban J connectivity index is 0.000000442. The van der Waals surface area contributed by atoms with E-state index in [4.69, 9.17) is 0 Å². The quantitative estimate of drug-likeness (QED) is 0.505. The zero-order valence-corrected chi connectivity index (χ0v) is 19.3. The highest BCUT2D eigenvalue weighted by Gasteiger charge is 2.49. The van der Waals surface area contributed by atoms with Crippen molar-refractivity contribution in [2.24, 2.45) is 5.92 Å². The van der Waals surface area contributed by atoms with Gasteiger partial charge in [-0.3, -0.25) is 4.90 Å². The van der Waals surface area contributed by atoms with Crippen molar-refractivity contribution in [3.63, 3.8) is 0 Å². The molecule has 1 aliphatic carbocycles. The molecule has 31 heavy (non-hydrogen) atoms. The molecule has 2 unspecified atom stereocenters. The summed E-state index contributed by atoms with van der Waals surface area (Å²) in [4.78, 5) is 25.5. The van der Waals surface area contributed by atoms with Gasteiger partial charge in [0.15, 0.2) is 0 Å². The minimum absolute atomic E-state index is 0.155. The van der Waals surface area contributed by atoms with Crippen molar-refractivity contribution >= 4 is 17.5 Å². The number of aliphatic carboxylic acids is 2. The number of rotatable bonds is 10. The molecule has 5 nitrogen and oxygen atoms in total. The summed E-state index contributed by atoms with van der Waals surface area (Å²) in [6.45, 7) is 13.0. The fourth-order valence-electron chi connectivity index (χ4n) is 3.75. The first-order valence-corrected chi connectivity index (χ1v) is 11.0. The molecular weight excluding hydrogens is 390 g/mol. The van der Waals surface area contributed by atoms with Gasteiger partial charge in [-0.05, 0) is 38.4 Å². The minimum atomic E-state index is -1.27. The van der Waals surface area contributed by atoms with Gasteiger partial charge in [0.25, 0.3) is 0 Å². The van der Waals surface area contributed by atoms with Gasteiger partial charge in [-0.25, -0.2) is 9.59 Å². The van der Waals surface area contributed by atoms with Gasteiger partial charge in [-0.15, -0.1) is 0 Å². The lowest BCUT2D eigenvalue weighted by Gasteiger charge is -2.44. The normalized spacial score (nSPS) is 19.9. The third-order valence-electron chi connectivity index (χ3n) is 5.70. The van der Waals surface area contributed by atoms with Crippen molar-refractivity contribution < 1.29 is 19.8 Å². The minimum Gasteiger partial charge on any atom is -0.480 e. The Hall–Kier alpha value is -2.66. The maximum atomic E-state index is 12.1. The van der Waals surface area contributed by atoms with Crippen LogP contribution in [0.15, 0.2) is 60.7 Å². The highest BCUT2D eigenvalue weighted by molar-refractivity contribution is 5.92. The molecule has 170 valence electrons. The number of hydrogen-bond acceptors (Lipinski definition) is 3. The van der Waals surface area contributed by atoms with E-state index in [2.05, 4.69) is 32.6 Å². The number of carboxylic acids is 2. The second kappa shape index (κ2) is 12.9. The van der Waals surface area contributed by atoms with E-state index in [9.17, 15) is 19.8 Å². The topological polar surface area (TPSA) is 77.8 Å². The van der Waals surface area contributed by atoms with E-state index in [-0.39, 0.29) is 5.57 Å². The van der Waals surface area contributed by atoms with Crippen molar-refractivity contribution in [2.75, 3.05) is 13.1 Å². The SMILES string of the molecule is C=C(C)c1ccccc1.CCCCN(CCCC)C1(C(=O)O)C=CC=C(C(=O)O)C1C. The average Bonchev–Trinajstić information content (AvgIpc) is 2.75. The van der Waals surface area contributed by atoms with Gasteiger partial charge in [0.2, 0.25) is 0 Å². The molecule has 0 bridgehead atoms. The summed E-state index contributed by atoms with van der Waals surface area (Å²) in [5.41, 5.74) is 1.23. The summed E-state index contributed by atoms with van der Waals surface area (Å²) < 4.78 is 0. The number of nitrogens with zero attached hydrogens (tertiary/aromatic N) is 1. The zero-order valence-electron chi connectivity index (χ0n) is 19.3. The van der Waals surface area contributed by atoms with Crippen LogP contribution in [0.25, 0.3) is 5.57 Å². The van der Waals surface area contributed by atoms with Gasteiger partial charge in [-0.1, -0.05) is 94.3 Å². The van der Waals surface area contributed by atoms with Crippen LogP contribution in [-0.4, -0.2) is 45.7 Å². The molecule has 0 heterocycles. The van der Waals surface area contributed by atoms with Crippen LogP contribution in [0.3, 0.4) is 0 Å². The lowest BCUT2D eigenvalue weighted by molar-refractivity contribution is -0.151. The fraction of sp³-hybridized carbons (Fsp3) is 0.462. The molecule has 1 aromatic rings. The Kier molecular flexibility index (Phi) is 11.0. The highest BCUT2D eigenvalue weighted by Crippen LogP contribution is 2.36. The zero-order chi connectivity index (χ0) is 23.4. The van der Waals surface area contributed by atoms with Crippen molar-refractivity contribution in [2.45, 2.75) is 58.9 Å². The first kappa shape index (κ1) is 26.4. The number of carbonyl (C=O) groups is 2. The second-order valence-electron chi connectivity index (χ2n) is 7.98. The number of carboxylic acid groups (broad SMARTS) is 2. The van der Waals surface area contributed by atoms with E-state index < -0.39 is 23.4 Å². The van der Waals surface area contributed by atoms with Crippen molar-refractivity contribution in [1.29, 1.82) is 0 Å². The molecule has 0 fully saturated rings. The van der Waals surface area contributed by atoms with Crippen LogP contribution in [0.2, 0.25) is 0 Å². The molecule has 0 radical (unpaired) electrons. The smallest absolute Gasteiger partial charge is 0.331 e. The van der Waals surface area contributed by atoms with E-state index >= 15 is 0 Å². The Morgan fingerprint density at radius 3 is 2.00 bits per heavy atom. The number of hydrogen-bond donors (Lipinski definition) is 2. The predicted octanol–water partition coefficient (Wildman–Crippen LogP) is 5.65. The van der Waals surface area contributed by atoms with Crippen LogP contribution in [-0.2, 0) is 9.59 Å². The summed E-state index contributed by atoms with van der Waals surface area (Å²) in [6, 6.07) is 10.2. The maximum Gasteiger partial charge on any atom is 0.331 e. The molecule has 2 N–H and O–H groups in total. The standard InChI is InChI=1S/C17H27NO4.C9H10/c1-4-6-11-18(12-7-5-2)17(16(21)22)10-8-9-14(13(17)3)15(19)20;1-8(2)9-6-4-3-5-7-9/h8-10,13H,4-7,11-12H2,1-3H3,(H,19,20)(H,21,22);3-7H,1H2,2H3. The number of allylic oxidation sites excluding steroid dienone is 3. The molecule has 2 atom stereocenters. The van der Waals surface area contributed by atoms with Gasteiger partial charge >= 0.3 is 11.9 Å². The van der Waals surface area contributed by atoms with Gasteiger partial charge < -0.3 is 10.2 Å². The van der Waals surface area contributed by atoms with Crippen molar-refractivity contribution in [1.82, 2.24) is 4.90 Å². The summed E-state index contributed by atoms with van der Waals surface area (Å²) in [5.74, 6) is -2.62. The van der Waals surface area contributed by atoms with Crippen molar-refractivity contribution in [3.8, 4) is 0 Å². The molecular formula is C26H37NO4. The van der Waals surface area contributed by atoms with Crippen LogP contribution in [0.4, 0.5) is 0 Å². The van der Waals surface area contributed by atoms with Crippen LogP contribution < -0.4 is 0 Å².